The number of carbonyl (C=O) groups is 2. The summed E-state index contributed by atoms with van der Waals surface area (Å²) in [5.41, 5.74) is 2.94. The Bertz CT molecular complexity index is 961. The summed E-state index contributed by atoms with van der Waals surface area (Å²) in [4.78, 5) is 27.6. The highest BCUT2D eigenvalue weighted by Crippen LogP contribution is 2.23. The van der Waals surface area contributed by atoms with Gasteiger partial charge in [0.1, 0.15) is 0 Å². The Kier molecular flexibility index (Phi) is 7.31. The van der Waals surface area contributed by atoms with Crippen molar-refractivity contribution < 1.29 is 9.59 Å². The fourth-order valence-electron chi connectivity index (χ4n) is 4.18. The lowest BCUT2D eigenvalue weighted by Crippen LogP contribution is -2.44. The summed E-state index contributed by atoms with van der Waals surface area (Å²) in [6, 6.07) is 29.4. The van der Waals surface area contributed by atoms with Gasteiger partial charge in [0.2, 0.25) is 11.8 Å². The van der Waals surface area contributed by atoms with Crippen molar-refractivity contribution in [3.63, 3.8) is 0 Å². The van der Waals surface area contributed by atoms with Crippen LogP contribution in [0.25, 0.3) is 0 Å². The summed E-state index contributed by atoms with van der Waals surface area (Å²) in [5.74, 6) is 0.0410. The van der Waals surface area contributed by atoms with Crippen molar-refractivity contribution >= 4 is 17.5 Å². The molecule has 1 aliphatic rings. The van der Waals surface area contributed by atoms with Gasteiger partial charge in [-0.1, -0.05) is 78.9 Å². The molecule has 2 N–H and O–H groups in total. The Morgan fingerprint density at radius 2 is 1.28 bits per heavy atom. The SMILES string of the molecule is O=C(CN1CCC(C(=O)Nc2ccccc2)CC1)NC(c1ccccc1)c1ccccc1. The monoisotopic (exact) mass is 427 g/mol. The second-order valence-corrected chi connectivity index (χ2v) is 8.23. The Morgan fingerprint density at radius 3 is 1.81 bits per heavy atom. The van der Waals surface area contributed by atoms with Gasteiger partial charge in [-0.15, -0.1) is 0 Å². The van der Waals surface area contributed by atoms with Crippen LogP contribution in [-0.4, -0.2) is 36.3 Å². The maximum Gasteiger partial charge on any atom is 0.234 e. The Morgan fingerprint density at radius 1 is 0.781 bits per heavy atom. The van der Waals surface area contributed by atoms with Gasteiger partial charge in [0.05, 0.1) is 12.6 Å². The molecule has 1 heterocycles. The van der Waals surface area contributed by atoms with Gasteiger partial charge in [0, 0.05) is 11.6 Å². The summed E-state index contributed by atoms with van der Waals surface area (Å²) in [6.45, 7) is 1.81. The molecule has 4 rings (SSSR count). The van der Waals surface area contributed by atoms with Crippen molar-refractivity contribution in [1.82, 2.24) is 10.2 Å². The summed E-state index contributed by atoms with van der Waals surface area (Å²) >= 11 is 0. The van der Waals surface area contributed by atoms with Crippen molar-refractivity contribution in [2.45, 2.75) is 18.9 Å². The zero-order valence-corrected chi connectivity index (χ0v) is 18.1. The largest absolute Gasteiger partial charge is 0.344 e. The third-order valence-electron chi connectivity index (χ3n) is 5.94. The first-order valence-corrected chi connectivity index (χ1v) is 11.2. The first-order valence-electron chi connectivity index (χ1n) is 11.2. The number of hydrogen-bond acceptors (Lipinski definition) is 3. The molecule has 0 radical (unpaired) electrons. The number of nitrogens with one attached hydrogen (secondary N) is 2. The lowest BCUT2D eigenvalue weighted by molar-refractivity contribution is -0.123. The molecule has 5 nitrogen and oxygen atoms in total. The minimum atomic E-state index is -0.181. The molecule has 0 saturated carbocycles. The molecule has 0 unspecified atom stereocenters. The van der Waals surface area contributed by atoms with E-state index >= 15 is 0 Å². The van der Waals surface area contributed by atoms with Crippen LogP contribution in [0.15, 0.2) is 91.0 Å². The second kappa shape index (κ2) is 10.7. The van der Waals surface area contributed by atoms with Gasteiger partial charge in [0.25, 0.3) is 0 Å². The highest BCUT2D eigenvalue weighted by Gasteiger charge is 2.26. The van der Waals surface area contributed by atoms with E-state index in [9.17, 15) is 9.59 Å². The first kappa shape index (κ1) is 21.8. The van der Waals surface area contributed by atoms with Crippen LogP contribution in [0.1, 0.15) is 30.0 Å². The fraction of sp³-hybridized carbons (Fsp3) is 0.259. The molecule has 1 fully saturated rings. The average molecular weight is 428 g/mol. The van der Waals surface area contributed by atoms with Gasteiger partial charge in [-0.3, -0.25) is 14.5 Å². The number of rotatable bonds is 7. The van der Waals surface area contributed by atoms with Crippen LogP contribution in [0.5, 0.6) is 0 Å². The van der Waals surface area contributed by atoms with Crippen molar-refractivity contribution in [1.29, 1.82) is 0 Å². The van der Waals surface area contributed by atoms with E-state index in [2.05, 4.69) is 15.5 Å². The predicted octanol–water partition coefficient (Wildman–Crippen LogP) is 4.24. The van der Waals surface area contributed by atoms with E-state index in [1.54, 1.807) is 0 Å². The van der Waals surface area contributed by atoms with Crippen molar-refractivity contribution in [2.24, 2.45) is 5.92 Å². The van der Waals surface area contributed by atoms with Gasteiger partial charge < -0.3 is 10.6 Å². The number of nitrogens with zero attached hydrogens (tertiary/aromatic N) is 1. The summed E-state index contributed by atoms with van der Waals surface area (Å²) in [6.07, 6.45) is 1.51. The predicted molar refractivity (Wildman–Crippen MR) is 127 cm³/mol. The lowest BCUT2D eigenvalue weighted by atomic mass is 9.95. The quantitative estimate of drug-likeness (QED) is 0.593. The molecule has 0 atom stereocenters. The topological polar surface area (TPSA) is 61.4 Å². The maximum absolute atomic E-state index is 12.9. The highest BCUT2D eigenvalue weighted by molar-refractivity contribution is 5.92. The number of para-hydroxylation sites is 1. The first-order chi connectivity index (χ1) is 15.7. The van der Waals surface area contributed by atoms with Crippen molar-refractivity contribution in [2.75, 3.05) is 25.0 Å². The molecule has 164 valence electrons. The smallest absolute Gasteiger partial charge is 0.234 e. The maximum atomic E-state index is 12.9. The third-order valence-corrected chi connectivity index (χ3v) is 5.94. The van der Waals surface area contributed by atoms with Crippen LogP contribution >= 0.6 is 0 Å². The molecule has 0 aliphatic carbocycles. The number of benzene rings is 3. The molecule has 32 heavy (non-hydrogen) atoms. The molecule has 0 spiro atoms. The number of amides is 2. The molecular weight excluding hydrogens is 398 g/mol. The minimum absolute atomic E-state index is 0.00473. The fourth-order valence-corrected chi connectivity index (χ4v) is 4.18. The van der Waals surface area contributed by atoms with E-state index in [4.69, 9.17) is 0 Å². The van der Waals surface area contributed by atoms with E-state index in [0.29, 0.717) is 6.54 Å². The molecule has 0 aromatic heterocycles. The standard InChI is InChI=1S/C27H29N3O2/c31-25(29-26(21-10-4-1-5-11-21)22-12-6-2-7-13-22)20-30-18-16-23(17-19-30)27(32)28-24-14-8-3-9-15-24/h1-15,23,26H,16-20H2,(H,28,32)(H,29,31). The lowest BCUT2D eigenvalue weighted by Gasteiger charge is -2.31. The van der Waals surface area contributed by atoms with Gasteiger partial charge in [-0.05, 0) is 49.2 Å². The molecule has 3 aromatic rings. The summed E-state index contributed by atoms with van der Waals surface area (Å²) < 4.78 is 0. The van der Waals surface area contributed by atoms with E-state index < -0.39 is 0 Å². The molecule has 1 saturated heterocycles. The molecule has 3 aromatic carbocycles. The van der Waals surface area contributed by atoms with Crippen LogP contribution in [0.4, 0.5) is 5.69 Å². The Hall–Kier alpha value is -3.44. The van der Waals surface area contributed by atoms with E-state index in [-0.39, 0.29) is 23.8 Å². The summed E-state index contributed by atoms with van der Waals surface area (Å²) in [5, 5.41) is 6.20. The number of carbonyl (C=O) groups excluding carboxylic acids is 2. The Labute approximate surface area is 189 Å². The van der Waals surface area contributed by atoms with E-state index in [1.807, 2.05) is 91.0 Å². The van der Waals surface area contributed by atoms with Gasteiger partial charge in [-0.2, -0.15) is 0 Å². The molecule has 2 amide bonds. The van der Waals surface area contributed by atoms with Gasteiger partial charge >= 0.3 is 0 Å². The number of likely N-dealkylation sites (tertiary alicyclic amines) is 1. The van der Waals surface area contributed by atoms with Gasteiger partial charge in [-0.25, -0.2) is 0 Å². The minimum Gasteiger partial charge on any atom is -0.344 e. The average Bonchev–Trinajstić information content (AvgIpc) is 2.85. The zero-order chi connectivity index (χ0) is 22.2. The van der Waals surface area contributed by atoms with Crippen LogP contribution in [0.2, 0.25) is 0 Å². The van der Waals surface area contributed by atoms with Crippen molar-refractivity contribution in [3.05, 3.63) is 102 Å². The van der Waals surface area contributed by atoms with E-state index in [1.165, 1.54) is 0 Å². The number of piperidine rings is 1. The molecule has 5 heteroatoms. The van der Waals surface area contributed by atoms with Crippen LogP contribution in [0, 0.1) is 5.92 Å². The Balaban J connectivity index is 1.31. The number of hydrogen-bond donors (Lipinski definition) is 2. The van der Waals surface area contributed by atoms with Crippen LogP contribution < -0.4 is 10.6 Å². The van der Waals surface area contributed by atoms with Crippen molar-refractivity contribution in [3.8, 4) is 0 Å². The molecule has 0 bridgehead atoms. The van der Waals surface area contributed by atoms with Crippen LogP contribution in [0.3, 0.4) is 0 Å². The van der Waals surface area contributed by atoms with E-state index in [0.717, 1.165) is 42.7 Å². The number of anilines is 1. The normalized spacial score (nSPS) is 14.8. The molecular formula is C27H29N3O2. The summed E-state index contributed by atoms with van der Waals surface area (Å²) in [7, 11) is 0. The third kappa shape index (κ3) is 5.83. The van der Waals surface area contributed by atoms with Crippen LogP contribution in [-0.2, 0) is 9.59 Å². The second-order valence-electron chi connectivity index (χ2n) is 8.23. The zero-order valence-electron chi connectivity index (χ0n) is 18.1. The highest BCUT2D eigenvalue weighted by atomic mass is 16.2. The molecule has 1 aliphatic heterocycles. The van der Waals surface area contributed by atoms with Gasteiger partial charge in [0.15, 0.2) is 0 Å².